The molecule has 0 aromatic heterocycles. The van der Waals surface area contributed by atoms with Crippen LogP contribution in [0, 0.1) is 0 Å². The van der Waals surface area contributed by atoms with Crippen LogP contribution in [-0.2, 0) is 19.6 Å². The summed E-state index contributed by atoms with van der Waals surface area (Å²) >= 11 is 0. The Morgan fingerprint density at radius 3 is 1.89 bits per heavy atom. The molecule has 0 heterocycles. The minimum absolute atomic E-state index is 0.0630. The number of aliphatic hydroxyl groups is 2. The summed E-state index contributed by atoms with van der Waals surface area (Å²) in [4.78, 5) is 0. The molecule has 0 atom stereocenters. The predicted octanol–water partition coefficient (Wildman–Crippen LogP) is 2.29. The molecule has 0 radical (unpaired) electrons. The highest BCUT2D eigenvalue weighted by molar-refractivity contribution is 5.28. The largest absolute Gasteiger partial charge is 0.489 e. The number of benzene rings is 2. The Kier molecular flexibility index (Phi) is 4.95. The van der Waals surface area contributed by atoms with Crippen molar-refractivity contribution in [3.8, 4) is 5.75 Å². The molecule has 19 heavy (non-hydrogen) atoms. The molecule has 0 fully saturated rings. The van der Waals surface area contributed by atoms with E-state index in [-0.39, 0.29) is 13.2 Å². The van der Waals surface area contributed by atoms with Gasteiger partial charge in [0.15, 0.2) is 0 Å². The lowest BCUT2D eigenvalue weighted by Crippen LogP contribution is -1.96. The van der Waals surface area contributed by atoms with Crippen molar-refractivity contribution >= 4 is 0 Å². The molecule has 0 amide bonds. The minimum Gasteiger partial charge on any atom is -0.489 e. The third kappa shape index (κ3) is 4.09. The fraction of sp³-hybridized carbons (Fsp3) is 0.250. The zero-order valence-corrected chi connectivity index (χ0v) is 10.7. The van der Waals surface area contributed by atoms with Gasteiger partial charge in [0.25, 0.3) is 0 Å². The minimum atomic E-state index is 0.0630. The van der Waals surface area contributed by atoms with E-state index in [1.165, 1.54) is 0 Å². The van der Waals surface area contributed by atoms with Crippen molar-refractivity contribution in [3.05, 3.63) is 65.2 Å². The number of aliphatic hydroxyl groups excluding tert-OH is 2. The van der Waals surface area contributed by atoms with E-state index in [1.54, 1.807) is 0 Å². The van der Waals surface area contributed by atoms with Crippen LogP contribution in [0.1, 0.15) is 16.7 Å². The molecular weight excluding hydrogens is 240 g/mol. The third-order valence-corrected chi connectivity index (χ3v) is 2.93. The van der Waals surface area contributed by atoms with Crippen LogP contribution in [0.3, 0.4) is 0 Å². The van der Waals surface area contributed by atoms with E-state index < -0.39 is 0 Å². The van der Waals surface area contributed by atoms with Crippen LogP contribution >= 0.6 is 0 Å². The standard InChI is InChI=1S/C16H18O3/c17-10-9-13-5-7-16(8-6-13)19-12-15-3-1-14(11-18)2-4-15/h1-8,17-18H,9-12H2. The highest BCUT2D eigenvalue weighted by Crippen LogP contribution is 2.15. The van der Waals surface area contributed by atoms with Crippen molar-refractivity contribution in [2.24, 2.45) is 0 Å². The van der Waals surface area contributed by atoms with Crippen LogP contribution < -0.4 is 4.74 Å². The summed E-state index contributed by atoms with van der Waals surface area (Å²) in [6, 6.07) is 15.4. The summed E-state index contributed by atoms with van der Waals surface area (Å²) in [7, 11) is 0. The third-order valence-electron chi connectivity index (χ3n) is 2.93. The summed E-state index contributed by atoms with van der Waals surface area (Å²) in [5.74, 6) is 0.813. The Morgan fingerprint density at radius 1 is 0.737 bits per heavy atom. The number of hydrogen-bond acceptors (Lipinski definition) is 3. The lowest BCUT2D eigenvalue weighted by molar-refractivity contribution is 0.281. The Labute approximate surface area is 113 Å². The molecule has 0 spiro atoms. The van der Waals surface area contributed by atoms with E-state index in [1.807, 2.05) is 48.5 Å². The first-order chi connectivity index (χ1) is 9.31. The van der Waals surface area contributed by atoms with Crippen molar-refractivity contribution in [1.82, 2.24) is 0 Å². The lowest BCUT2D eigenvalue weighted by atomic mass is 10.1. The molecule has 3 heteroatoms. The zero-order valence-electron chi connectivity index (χ0n) is 10.7. The SMILES string of the molecule is OCCc1ccc(OCc2ccc(CO)cc2)cc1. The van der Waals surface area contributed by atoms with Gasteiger partial charge in [0.1, 0.15) is 12.4 Å². The van der Waals surface area contributed by atoms with Gasteiger partial charge in [0.05, 0.1) is 6.61 Å². The van der Waals surface area contributed by atoms with Crippen molar-refractivity contribution in [2.45, 2.75) is 19.6 Å². The first-order valence-corrected chi connectivity index (χ1v) is 6.33. The fourth-order valence-electron chi connectivity index (χ4n) is 1.79. The van der Waals surface area contributed by atoms with Crippen LogP contribution in [0.4, 0.5) is 0 Å². The van der Waals surface area contributed by atoms with Crippen molar-refractivity contribution in [2.75, 3.05) is 6.61 Å². The molecule has 2 aromatic rings. The van der Waals surface area contributed by atoms with Crippen molar-refractivity contribution in [3.63, 3.8) is 0 Å². The maximum absolute atomic E-state index is 8.96. The second-order valence-corrected chi connectivity index (χ2v) is 4.38. The van der Waals surface area contributed by atoms with Crippen LogP contribution in [0.25, 0.3) is 0 Å². The maximum Gasteiger partial charge on any atom is 0.119 e. The van der Waals surface area contributed by atoms with Gasteiger partial charge in [-0.3, -0.25) is 0 Å². The number of ether oxygens (including phenoxy) is 1. The normalized spacial score (nSPS) is 10.4. The molecular formula is C16H18O3. The number of rotatable bonds is 6. The van der Waals surface area contributed by atoms with Gasteiger partial charge in [0, 0.05) is 6.61 Å². The fourth-order valence-corrected chi connectivity index (χ4v) is 1.79. The predicted molar refractivity (Wildman–Crippen MR) is 73.9 cm³/mol. The van der Waals surface area contributed by atoms with Gasteiger partial charge in [-0.15, -0.1) is 0 Å². The second-order valence-electron chi connectivity index (χ2n) is 4.38. The quantitative estimate of drug-likeness (QED) is 0.836. The molecule has 0 unspecified atom stereocenters. The van der Waals surface area contributed by atoms with E-state index in [9.17, 15) is 0 Å². The monoisotopic (exact) mass is 258 g/mol. The van der Waals surface area contributed by atoms with Gasteiger partial charge in [-0.05, 0) is 35.2 Å². The topological polar surface area (TPSA) is 49.7 Å². The molecule has 2 N–H and O–H groups in total. The summed E-state index contributed by atoms with van der Waals surface area (Å²) in [6.07, 6.45) is 0.670. The summed E-state index contributed by atoms with van der Waals surface area (Å²) in [6.45, 7) is 0.732. The Morgan fingerprint density at radius 2 is 1.32 bits per heavy atom. The lowest BCUT2D eigenvalue weighted by Gasteiger charge is -2.07. The highest BCUT2D eigenvalue weighted by atomic mass is 16.5. The molecule has 0 aliphatic heterocycles. The molecule has 3 nitrogen and oxygen atoms in total. The van der Waals surface area contributed by atoms with E-state index in [4.69, 9.17) is 14.9 Å². The molecule has 100 valence electrons. The Bertz CT molecular complexity index is 488. The van der Waals surface area contributed by atoms with Gasteiger partial charge < -0.3 is 14.9 Å². The van der Waals surface area contributed by atoms with E-state index in [0.29, 0.717) is 13.0 Å². The number of hydrogen-bond donors (Lipinski definition) is 2. The van der Waals surface area contributed by atoms with Gasteiger partial charge in [-0.1, -0.05) is 36.4 Å². The molecule has 2 rings (SSSR count). The van der Waals surface area contributed by atoms with E-state index >= 15 is 0 Å². The van der Waals surface area contributed by atoms with Gasteiger partial charge in [-0.25, -0.2) is 0 Å². The second kappa shape index (κ2) is 6.92. The molecule has 2 aromatic carbocycles. The van der Waals surface area contributed by atoms with Gasteiger partial charge in [0.2, 0.25) is 0 Å². The molecule has 0 saturated carbocycles. The molecule has 0 aliphatic rings. The summed E-state index contributed by atoms with van der Waals surface area (Å²) in [5, 5.41) is 17.8. The smallest absolute Gasteiger partial charge is 0.119 e. The molecule has 0 aliphatic carbocycles. The van der Waals surface area contributed by atoms with Crippen LogP contribution in [0.5, 0.6) is 5.75 Å². The van der Waals surface area contributed by atoms with Gasteiger partial charge >= 0.3 is 0 Å². The highest BCUT2D eigenvalue weighted by Gasteiger charge is 1.98. The average Bonchev–Trinajstić information content (AvgIpc) is 2.47. The van der Waals surface area contributed by atoms with Crippen molar-refractivity contribution < 1.29 is 14.9 Å². The van der Waals surface area contributed by atoms with E-state index in [0.717, 1.165) is 22.4 Å². The first-order valence-electron chi connectivity index (χ1n) is 6.33. The van der Waals surface area contributed by atoms with Gasteiger partial charge in [-0.2, -0.15) is 0 Å². The first kappa shape index (κ1) is 13.6. The van der Waals surface area contributed by atoms with Crippen LogP contribution in [0.2, 0.25) is 0 Å². The van der Waals surface area contributed by atoms with Crippen molar-refractivity contribution in [1.29, 1.82) is 0 Å². The summed E-state index contributed by atoms with van der Waals surface area (Å²) in [5.41, 5.74) is 3.07. The van der Waals surface area contributed by atoms with Crippen LogP contribution in [-0.4, -0.2) is 16.8 Å². The summed E-state index contributed by atoms with van der Waals surface area (Å²) < 4.78 is 5.67. The zero-order chi connectivity index (χ0) is 13.5. The average molecular weight is 258 g/mol. The molecule has 0 bridgehead atoms. The molecule has 0 saturated heterocycles. The Balaban J connectivity index is 1.90. The van der Waals surface area contributed by atoms with Crippen LogP contribution in [0.15, 0.2) is 48.5 Å². The van der Waals surface area contributed by atoms with E-state index in [2.05, 4.69) is 0 Å². The maximum atomic E-state index is 8.96. The Hall–Kier alpha value is -1.84.